The van der Waals surface area contributed by atoms with E-state index in [1.54, 1.807) is 0 Å². The third-order valence-corrected chi connectivity index (χ3v) is 3.53. The van der Waals surface area contributed by atoms with Crippen LogP contribution in [0.3, 0.4) is 0 Å². The second-order valence-electron chi connectivity index (χ2n) is 5.22. The van der Waals surface area contributed by atoms with Gasteiger partial charge in [-0.05, 0) is 24.8 Å². The molecule has 0 bridgehead atoms. The number of nitro groups is 1. The Morgan fingerprint density at radius 1 is 1.48 bits per heavy atom. The SMILES string of the molecule is CN(CC1CC(O)C1)C(=O)c1cc(F)cc([N+](=O)[O-])c1F. The third kappa shape index (κ3) is 3.15. The molecule has 0 radical (unpaired) electrons. The molecule has 1 aliphatic rings. The maximum absolute atomic E-state index is 13.9. The second kappa shape index (κ2) is 5.72. The van der Waals surface area contributed by atoms with Crippen molar-refractivity contribution in [2.24, 2.45) is 5.92 Å². The number of amides is 1. The zero-order chi connectivity index (χ0) is 15.7. The fraction of sp³-hybridized carbons (Fsp3) is 0.462. The van der Waals surface area contributed by atoms with Crippen LogP contribution in [0.25, 0.3) is 0 Å². The van der Waals surface area contributed by atoms with Crippen molar-refractivity contribution in [3.8, 4) is 0 Å². The van der Waals surface area contributed by atoms with Crippen molar-refractivity contribution in [1.82, 2.24) is 4.90 Å². The fourth-order valence-corrected chi connectivity index (χ4v) is 2.39. The lowest BCUT2D eigenvalue weighted by Crippen LogP contribution is -2.39. The Balaban J connectivity index is 2.20. The van der Waals surface area contributed by atoms with Gasteiger partial charge in [-0.3, -0.25) is 14.9 Å². The van der Waals surface area contributed by atoms with E-state index in [4.69, 9.17) is 0 Å². The van der Waals surface area contributed by atoms with Gasteiger partial charge in [0.15, 0.2) is 0 Å². The first-order chi connectivity index (χ1) is 9.79. The molecule has 0 unspecified atom stereocenters. The maximum atomic E-state index is 13.9. The van der Waals surface area contributed by atoms with E-state index in [-0.39, 0.29) is 18.6 Å². The van der Waals surface area contributed by atoms with Gasteiger partial charge in [0.2, 0.25) is 5.82 Å². The zero-order valence-electron chi connectivity index (χ0n) is 11.3. The summed E-state index contributed by atoms with van der Waals surface area (Å²) >= 11 is 0. The zero-order valence-corrected chi connectivity index (χ0v) is 11.3. The van der Waals surface area contributed by atoms with Crippen LogP contribution < -0.4 is 0 Å². The maximum Gasteiger partial charge on any atom is 0.308 e. The van der Waals surface area contributed by atoms with Crippen molar-refractivity contribution in [3.05, 3.63) is 39.4 Å². The number of nitro benzene ring substituents is 1. The number of aliphatic hydroxyl groups excluding tert-OH is 1. The van der Waals surface area contributed by atoms with Gasteiger partial charge in [0.1, 0.15) is 5.82 Å². The molecule has 1 aromatic carbocycles. The molecule has 0 heterocycles. The Hall–Kier alpha value is -2.09. The number of halogens is 2. The van der Waals surface area contributed by atoms with Crippen LogP contribution in [0.4, 0.5) is 14.5 Å². The van der Waals surface area contributed by atoms with Gasteiger partial charge in [-0.2, -0.15) is 4.39 Å². The topological polar surface area (TPSA) is 83.7 Å². The van der Waals surface area contributed by atoms with Gasteiger partial charge in [0, 0.05) is 13.6 Å². The lowest BCUT2D eigenvalue weighted by molar-refractivity contribution is -0.387. The first-order valence-electron chi connectivity index (χ1n) is 6.36. The quantitative estimate of drug-likeness (QED) is 0.678. The predicted molar refractivity (Wildman–Crippen MR) is 68.7 cm³/mol. The van der Waals surface area contributed by atoms with Gasteiger partial charge < -0.3 is 10.0 Å². The van der Waals surface area contributed by atoms with Crippen LogP contribution in [0.15, 0.2) is 12.1 Å². The summed E-state index contributed by atoms with van der Waals surface area (Å²) in [5, 5.41) is 19.8. The van der Waals surface area contributed by atoms with E-state index in [0.29, 0.717) is 25.0 Å². The van der Waals surface area contributed by atoms with Crippen LogP contribution in [-0.2, 0) is 0 Å². The minimum atomic E-state index is -1.34. The number of hydrogen-bond donors (Lipinski definition) is 1. The molecule has 2 rings (SSSR count). The molecule has 1 N–H and O–H groups in total. The van der Waals surface area contributed by atoms with Crippen LogP contribution >= 0.6 is 0 Å². The standard InChI is InChI=1S/C13H14F2N2O4/c1-16(6-7-2-9(18)3-7)13(19)10-4-8(14)5-11(12(10)15)17(20)21/h4-5,7,9,18H,2-3,6H2,1H3. The lowest BCUT2D eigenvalue weighted by atomic mass is 9.82. The molecule has 21 heavy (non-hydrogen) atoms. The normalized spacial score (nSPS) is 20.8. The molecule has 114 valence electrons. The largest absolute Gasteiger partial charge is 0.393 e. The molecular weight excluding hydrogens is 286 g/mol. The summed E-state index contributed by atoms with van der Waals surface area (Å²) in [6.45, 7) is 0.277. The highest BCUT2D eigenvalue weighted by molar-refractivity contribution is 5.95. The van der Waals surface area contributed by atoms with Crippen molar-refractivity contribution in [1.29, 1.82) is 0 Å². The lowest BCUT2D eigenvalue weighted by Gasteiger charge is -2.34. The summed E-state index contributed by atoms with van der Waals surface area (Å²) in [5.74, 6) is -3.11. The molecule has 0 aromatic heterocycles. The van der Waals surface area contributed by atoms with Crippen LogP contribution in [0.2, 0.25) is 0 Å². The molecule has 1 aromatic rings. The first-order valence-corrected chi connectivity index (χ1v) is 6.36. The number of carbonyl (C=O) groups is 1. The van der Waals surface area contributed by atoms with Crippen LogP contribution in [0.1, 0.15) is 23.2 Å². The Morgan fingerprint density at radius 3 is 2.62 bits per heavy atom. The van der Waals surface area contributed by atoms with Gasteiger partial charge in [0.25, 0.3) is 5.91 Å². The van der Waals surface area contributed by atoms with Crippen molar-refractivity contribution in [2.45, 2.75) is 18.9 Å². The molecular formula is C13H14F2N2O4. The van der Waals surface area contributed by atoms with E-state index >= 15 is 0 Å². The second-order valence-corrected chi connectivity index (χ2v) is 5.22. The Morgan fingerprint density at radius 2 is 2.10 bits per heavy atom. The summed E-state index contributed by atoms with van der Waals surface area (Å²) in [5.41, 5.74) is -1.73. The molecule has 1 aliphatic carbocycles. The highest BCUT2D eigenvalue weighted by atomic mass is 19.1. The molecule has 1 amide bonds. The molecule has 0 atom stereocenters. The Bertz CT molecular complexity index is 588. The molecule has 0 spiro atoms. The number of rotatable bonds is 4. The highest BCUT2D eigenvalue weighted by Gasteiger charge is 2.31. The van der Waals surface area contributed by atoms with E-state index < -0.39 is 33.7 Å². The van der Waals surface area contributed by atoms with E-state index in [1.165, 1.54) is 11.9 Å². The monoisotopic (exact) mass is 300 g/mol. The summed E-state index contributed by atoms with van der Waals surface area (Å²) in [7, 11) is 1.41. The molecule has 0 aliphatic heterocycles. The molecule has 0 saturated heterocycles. The Kier molecular flexibility index (Phi) is 4.17. The van der Waals surface area contributed by atoms with Gasteiger partial charge in [-0.15, -0.1) is 0 Å². The highest BCUT2D eigenvalue weighted by Crippen LogP contribution is 2.29. The minimum absolute atomic E-state index is 0.0977. The summed E-state index contributed by atoms with van der Waals surface area (Å²) in [6, 6.07) is 1.09. The van der Waals surface area contributed by atoms with E-state index in [2.05, 4.69) is 0 Å². The number of aliphatic hydroxyl groups is 1. The molecule has 8 heteroatoms. The van der Waals surface area contributed by atoms with Crippen LogP contribution in [-0.4, -0.2) is 40.5 Å². The van der Waals surface area contributed by atoms with Crippen molar-refractivity contribution in [2.75, 3.05) is 13.6 Å². The van der Waals surface area contributed by atoms with Gasteiger partial charge >= 0.3 is 5.69 Å². The van der Waals surface area contributed by atoms with Crippen molar-refractivity contribution in [3.63, 3.8) is 0 Å². The number of benzene rings is 1. The van der Waals surface area contributed by atoms with Gasteiger partial charge in [-0.25, -0.2) is 4.39 Å². The van der Waals surface area contributed by atoms with Crippen molar-refractivity contribution < 1.29 is 23.6 Å². The number of hydrogen-bond acceptors (Lipinski definition) is 4. The Labute approximate surface area is 119 Å². The first kappa shape index (κ1) is 15.3. The summed E-state index contributed by atoms with van der Waals surface area (Å²) in [4.78, 5) is 22.8. The van der Waals surface area contributed by atoms with Crippen LogP contribution in [0, 0.1) is 27.7 Å². The van der Waals surface area contributed by atoms with E-state index in [9.17, 15) is 28.8 Å². The molecule has 1 fully saturated rings. The summed E-state index contributed by atoms with van der Waals surface area (Å²) < 4.78 is 27.2. The molecule has 6 nitrogen and oxygen atoms in total. The van der Waals surface area contributed by atoms with Gasteiger partial charge in [-0.1, -0.05) is 0 Å². The fourth-order valence-electron chi connectivity index (χ4n) is 2.39. The molecule has 1 saturated carbocycles. The third-order valence-electron chi connectivity index (χ3n) is 3.53. The van der Waals surface area contributed by atoms with E-state index in [0.717, 1.165) is 0 Å². The number of carbonyl (C=O) groups excluding carboxylic acids is 1. The van der Waals surface area contributed by atoms with Crippen LogP contribution in [0.5, 0.6) is 0 Å². The van der Waals surface area contributed by atoms with E-state index in [1.807, 2.05) is 0 Å². The average Bonchev–Trinajstić information content (AvgIpc) is 2.38. The van der Waals surface area contributed by atoms with Gasteiger partial charge in [0.05, 0.1) is 22.7 Å². The number of nitrogens with zero attached hydrogens (tertiary/aromatic N) is 2. The smallest absolute Gasteiger partial charge is 0.308 e. The predicted octanol–water partition coefficient (Wildman–Crippen LogP) is 1.72. The van der Waals surface area contributed by atoms with Crippen molar-refractivity contribution >= 4 is 11.6 Å². The minimum Gasteiger partial charge on any atom is -0.393 e. The summed E-state index contributed by atoms with van der Waals surface area (Å²) in [6.07, 6.45) is 0.706. The average molecular weight is 300 g/mol.